The lowest BCUT2D eigenvalue weighted by Crippen LogP contribution is -2.26. The van der Waals surface area contributed by atoms with Gasteiger partial charge in [-0.3, -0.25) is 14.0 Å². The Morgan fingerprint density at radius 3 is 2.74 bits per heavy atom. The number of carbonyl (C=O) groups excluding carboxylic acids is 2. The van der Waals surface area contributed by atoms with Crippen LogP contribution in [-0.4, -0.2) is 34.9 Å². The summed E-state index contributed by atoms with van der Waals surface area (Å²) in [5, 5.41) is 5.63. The van der Waals surface area contributed by atoms with Crippen molar-refractivity contribution in [3.63, 3.8) is 0 Å². The van der Waals surface area contributed by atoms with Crippen LogP contribution in [0.25, 0.3) is 5.52 Å². The summed E-state index contributed by atoms with van der Waals surface area (Å²) in [6, 6.07) is 10.9. The average Bonchev–Trinajstić information content (AvgIpc) is 3.06. The summed E-state index contributed by atoms with van der Waals surface area (Å²) in [5.74, 6) is 0.0150. The van der Waals surface area contributed by atoms with Crippen molar-refractivity contribution in [2.75, 3.05) is 19.0 Å². The Kier molecular flexibility index (Phi) is 5.40. The van der Waals surface area contributed by atoms with Crippen molar-refractivity contribution < 1.29 is 14.3 Å². The first kappa shape index (κ1) is 18.4. The largest absolute Gasteiger partial charge is 0.495 e. The van der Waals surface area contributed by atoms with E-state index in [0.717, 1.165) is 12.0 Å². The zero-order valence-corrected chi connectivity index (χ0v) is 15.6. The first-order chi connectivity index (χ1) is 13.0. The highest BCUT2D eigenvalue weighted by Crippen LogP contribution is 2.26. The molecule has 2 heterocycles. The molecule has 7 nitrogen and oxygen atoms in total. The Morgan fingerprint density at radius 1 is 1.19 bits per heavy atom. The maximum atomic E-state index is 12.9. The van der Waals surface area contributed by atoms with Gasteiger partial charge in [0, 0.05) is 12.7 Å². The molecule has 0 aliphatic rings. The van der Waals surface area contributed by atoms with Crippen molar-refractivity contribution in [1.29, 1.82) is 0 Å². The lowest BCUT2D eigenvalue weighted by Gasteiger charge is -2.10. The van der Waals surface area contributed by atoms with Crippen molar-refractivity contribution in [1.82, 2.24) is 14.7 Å². The van der Waals surface area contributed by atoms with Crippen molar-refractivity contribution in [2.24, 2.45) is 0 Å². The summed E-state index contributed by atoms with van der Waals surface area (Å²) in [6.07, 6.45) is 2.53. The number of nitrogens with zero attached hydrogens (tertiary/aromatic N) is 2. The van der Waals surface area contributed by atoms with Gasteiger partial charge in [-0.05, 0) is 43.2 Å². The number of rotatable bonds is 6. The maximum Gasteiger partial charge on any atom is 0.287 e. The van der Waals surface area contributed by atoms with Gasteiger partial charge in [0.25, 0.3) is 11.8 Å². The van der Waals surface area contributed by atoms with E-state index in [1.165, 1.54) is 0 Å². The van der Waals surface area contributed by atoms with Gasteiger partial charge >= 0.3 is 0 Å². The number of imidazole rings is 1. The van der Waals surface area contributed by atoms with Crippen LogP contribution in [0.2, 0.25) is 0 Å². The van der Waals surface area contributed by atoms with E-state index in [4.69, 9.17) is 4.74 Å². The molecule has 0 saturated carbocycles. The molecular weight excluding hydrogens is 344 g/mol. The van der Waals surface area contributed by atoms with Crippen LogP contribution in [0.3, 0.4) is 0 Å². The van der Waals surface area contributed by atoms with Gasteiger partial charge in [0.15, 0.2) is 5.69 Å². The number of nitrogens with one attached hydrogen (secondary N) is 2. The monoisotopic (exact) mass is 366 g/mol. The fourth-order valence-electron chi connectivity index (χ4n) is 2.78. The molecule has 0 atom stereocenters. The number of anilines is 1. The normalized spacial score (nSPS) is 10.6. The van der Waals surface area contributed by atoms with Gasteiger partial charge in [-0.1, -0.05) is 19.1 Å². The minimum absolute atomic E-state index is 0.181. The molecule has 27 heavy (non-hydrogen) atoms. The number of methoxy groups -OCH3 is 1. The van der Waals surface area contributed by atoms with Gasteiger partial charge in [0.1, 0.15) is 5.75 Å². The molecule has 3 aromatic rings. The number of carbonyl (C=O) groups is 2. The molecule has 0 unspecified atom stereocenters. The SMILES string of the molecule is CCCNC(=O)c1nc(C(=O)Nc2cc(C)ccc2OC)c2ccccn12. The molecule has 0 aliphatic carbocycles. The highest BCUT2D eigenvalue weighted by atomic mass is 16.5. The van der Waals surface area contributed by atoms with Gasteiger partial charge in [-0.2, -0.15) is 0 Å². The van der Waals surface area contributed by atoms with E-state index >= 15 is 0 Å². The van der Waals surface area contributed by atoms with Crippen LogP contribution in [0.4, 0.5) is 5.69 Å². The van der Waals surface area contributed by atoms with Gasteiger partial charge in [0.2, 0.25) is 5.82 Å². The van der Waals surface area contributed by atoms with Gasteiger partial charge in [-0.15, -0.1) is 0 Å². The first-order valence-electron chi connectivity index (χ1n) is 8.76. The Balaban J connectivity index is 1.98. The molecule has 3 rings (SSSR count). The standard InChI is InChI=1S/C20H22N4O3/c1-4-10-21-20(26)18-23-17(15-7-5-6-11-24(15)18)19(25)22-14-12-13(2)8-9-16(14)27-3/h5-9,11-12H,4,10H2,1-3H3,(H,21,26)(H,22,25). The number of pyridine rings is 1. The van der Waals surface area contributed by atoms with E-state index in [1.807, 2.05) is 26.0 Å². The van der Waals surface area contributed by atoms with Crippen molar-refractivity contribution in [3.05, 3.63) is 59.7 Å². The third kappa shape index (κ3) is 3.76. The second-order valence-corrected chi connectivity index (χ2v) is 6.15. The molecule has 0 bridgehead atoms. The molecule has 2 N–H and O–H groups in total. The van der Waals surface area contributed by atoms with Gasteiger partial charge < -0.3 is 15.4 Å². The van der Waals surface area contributed by atoms with E-state index in [-0.39, 0.29) is 17.4 Å². The van der Waals surface area contributed by atoms with Crippen LogP contribution in [-0.2, 0) is 0 Å². The van der Waals surface area contributed by atoms with Crippen molar-refractivity contribution in [2.45, 2.75) is 20.3 Å². The lowest BCUT2D eigenvalue weighted by atomic mass is 10.2. The number of ether oxygens (including phenoxy) is 1. The molecule has 0 radical (unpaired) electrons. The molecule has 0 saturated heterocycles. The molecule has 2 amide bonds. The zero-order valence-electron chi connectivity index (χ0n) is 15.6. The van der Waals surface area contributed by atoms with Crippen molar-refractivity contribution >= 4 is 23.0 Å². The Morgan fingerprint density at radius 2 is 2.00 bits per heavy atom. The predicted octanol–water partition coefficient (Wildman–Crippen LogP) is 3.04. The van der Waals surface area contributed by atoms with Gasteiger partial charge in [0.05, 0.1) is 18.3 Å². The third-order valence-electron chi connectivity index (χ3n) is 4.11. The second-order valence-electron chi connectivity index (χ2n) is 6.15. The summed E-state index contributed by atoms with van der Waals surface area (Å²) >= 11 is 0. The summed E-state index contributed by atoms with van der Waals surface area (Å²) in [5.41, 5.74) is 2.28. The molecular formula is C20H22N4O3. The molecule has 0 aliphatic heterocycles. The Labute approximate surface area is 157 Å². The molecule has 1 aromatic carbocycles. The number of benzene rings is 1. The molecule has 0 fully saturated rings. The molecule has 2 aromatic heterocycles. The highest BCUT2D eigenvalue weighted by molar-refractivity contribution is 6.09. The fraction of sp³-hybridized carbons (Fsp3) is 0.250. The number of fused-ring (bicyclic) bond motifs is 1. The van der Waals surface area contributed by atoms with Crippen LogP contribution in [0.1, 0.15) is 40.0 Å². The smallest absolute Gasteiger partial charge is 0.287 e. The average molecular weight is 366 g/mol. The number of hydrogen-bond donors (Lipinski definition) is 2. The molecule has 7 heteroatoms. The number of amides is 2. The van der Waals surface area contributed by atoms with Crippen LogP contribution in [0.15, 0.2) is 42.6 Å². The number of hydrogen-bond acceptors (Lipinski definition) is 4. The third-order valence-corrected chi connectivity index (χ3v) is 4.11. The first-order valence-corrected chi connectivity index (χ1v) is 8.76. The van der Waals surface area contributed by atoms with Gasteiger partial charge in [-0.25, -0.2) is 4.98 Å². The number of aromatic nitrogens is 2. The van der Waals surface area contributed by atoms with Crippen molar-refractivity contribution in [3.8, 4) is 5.75 Å². The second kappa shape index (κ2) is 7.90. The topological polar surface area (TPSA) is 84.7 Å². The lowest BCUT2D eigenvalue weighted by molar-refractivity contribution is 0.0942. The minimum Gasteiger partial charge on any atom is -0.495 e. The van der Waals surface area contributed by atoms with E-state index in [0.29, 0.717) is 23.5 Å². The van der Waals surface area contributed by atoms with E-state index < -0.39 is 5.91 Å². The predicted molar refractivity (Wildman–Crippen MR) is 104 cm³/mol. The Hall–Kier alpha value is -3.35. The van der Waals surface area contributed by atoms with Crippen LogP contribution in [0, 0.1) is 6.92 Å². The molecule has 0 spiro atoms. The zero-order chi connectivity index (χ0) is 19.4. The summed E-state index contributed by atoms with van der Waals surface area (Å²) in [6.45, 7) is 4.44. The van der Waals surface area contributed by atoms with Crippen LogP contribution < -0.4 is 15.4 Å². The maximum absolute atomic E-state index is 12.9. The van der Waals surface area contributed by atoms with E-state index in [1.54, 1.807) is 42.0 Å². The fourth-order valence-corrected chi connectivity index (χ4v) is 2.78. The van der Waals surface area contributed by atoms with E-state index in [2.05, 4.69) is 15.6 Å². The summed E-state index contributed by atoms with van der Waals surface area (Å²) in [7, 11) is 1.54. The number of aryl methyl sites for hydroxylation is 1. The van der Waals surface area contributed by atoms with Crippen LogP contribution >= 0.6 is 0 Å². The van der Waals surface area contributed by atoms with Crippen LogP contribution in [0.5, 0.6) is 5.75 Å². The Bertz CT molecular complexity index is 994. The molecule has 140 valence electrons. The summed E-state index contributed by atoms with van der Waals surface area (Å²) < 4.78 is 6.93. The highest BCUT2D eigenvalue weighted by Gasteiger charge is 2.22. The quantitative estimate of drug-likeness (QED) is 0.702. The van der Waals surface area contributed by atoms with E-state index in [9.17, 15) is 9.59 Å². The minimum atomic E-state index is -0.405. The summed E-state index contributed by atoms with van der Waals surface area (Å²) in [4.78, 5) is 29.6.